The van der Waals surface area contributed by atoms with Crippen molar-refractivity contribution in [2.24, 2.45) is 0 Å². The normalized spacial score (nSPS) is 9.65. The Kier molecular flexibility index (Phi) is 33.2. The van der Waals surface area contributed by atoms with E-state index in [9.17, 15) is 29.1 Å². The highest BCUT2D eigenvalue weighted by atomic mass is 35.5. The molecule has 426 valence electrons. The van der Waals surface area contributed by atoms with Gasteiger partial charge in [0.05, 0.1) is 49.1 Å². The molecule has 0 atom stereocenters. The van der Waals surface area contributed by atoms with Crippen molar-refractivity contribution in [3.05, 3.63) is 202 Å². The molecule has 0 aliphatic rings. The molecule has 0 saturated carbocycles. The predicted octanol–water partition coefficient (Wildman–Crippen LogP) is 11.4. The van der Waals surface area contributed by atoms with Gasteiger partial charge in [0.15, 0.2) is 19.4 Å². The van der Waals surface area contributed by atoms with E-state index >= 15 is 0 Å². The molecule has 0 aliphatic heterocycles. The number of aromatic carboxylic acids is 2. The number of alkyl halides is 2. The van der Waals surface area contributed by atoms with Crippen LogP contribution in [0.2, 0.25) is 0 Å². The molecule has 0 fully saturated rings. The monoisotopic (exact) mass is 1140 g/mol. The zero-order valence-electron chi connectivity index (χ0n) is 44.6. The Bertz CT molecular complexity index is 2880. The van der Waals surface area contributed by atoms with Crippen LogP contribution >= 0.6 is 23.2 Å². The maximum Gasteiger partial charge on any atom is 0.337 e. The first-order valence-corrected chi connectivity index (χ1v) is 24.5. The van der Waals surface area contributed by atoms with E-state index in [0.717, 1.165) is 33.9 Å². The van der Waals surface area contributed by atoms with Gasteiger partial charge in [-0.2, -0.15) is 0 Å². The molecule has 0 aromatic heterocycles. The summed E-state index contributed by atoms with van der Waals surface area (Å²) in [6.07, 6.45) is 1.24. The smallest absolute Gasteiger partial charge is 0.337 e. The summed E-state index contributed by atoms with van der Waals surface area (Å²) in [4.78, 5) is 54.6. The summed E-state index contributed by atoms with van der Waals surface area (Å²) in [6.45, 7) is 0.990. The number of carboxylic acids is 2. The molecule has 0 amide bonds. The number of carbonyl (C=O) groups is 5. The molecular weight excluding hydrogens is 1080 g/mol. The van der Waals surface area contributed by atoms with Gasteiger partial charge in [-0.1, -0.05) is 59.6 Å². The van der Waals surface area contributed by atoms with Crippen LogP contribution in [0.5, 0.6) is 46.0 Å². The third-order valence-corrected chi connectivity index (χ3v) is 10.3. The number of methoxy groups -OCH3 is 6. The van der Waals surface area contributed by atoms with E-state index in [1.54, 1.807) is 138 Å². The van der Waals surface area contributed by atoms with Gasteiger partial charge in [0.2, 0.25) is 0 Å². The number of hydrogen-bond acceptors (Lipinski definition) is 17. The topological polar surface area (TPSA) is 259 Å². The lowest BCUT2D eigenvalue weighted by Gasteiger charge is -2.10. The number of ether oxygens (including phenoxy) is 10. The second kappa shape index (κ2) is 39.5. The fourth-order valence-corrected chi connectivity index (χ4v) is 5.78. The molecule has 21 heteroatoms. The Labute approximate surface area is 473 Å². The number of rotatable bonds is 21. The van der Waals surface area contributed by atoms with Crippen molar-refractivity contribution in [2.75, 3.05) is 61.6 Å². The van der Waals surface area contributed by atoms with Gasteiger partial charge >= 0.3 is 17.9 Å². The molecule has 4 N–H and O–H groups in total. The Hall–Kier alpha value is -8.85. The van der Waals surface area contributed by atoms with Crippen molar-refractivity contribution in [2.45, 2.75) is 19.8 Å². The number of hydrogen-bond donors (Lipinski definition) is 4. The quantitative estimate of drug-likeness (QED) is 0.0226. The Morgan fingerprint density at radius 2 is 0.800 bits per heavy atom. The van der Waals surface area contributed by atoms with Crippen molar-refractivity contribution < 1.29 is 91.8 Å². The van der Waals surface area contributed by atoms with Gasteiger partial charge in [-0.25, -0.2) is 14.4 Å². The lowest BCUT2D eigenvalue weighted by Crippen LogP contribution is -2.02. The lowest BCUT2D eigenvalue weighted by atomic mass is 10.1. The zero-order valence-corrected chi connectivity index (χ0v) is 46.1. The summed E-state index contributed by atoms with van der Waals surface area (Å²) < 4.78 is 49.9. The Morgan fingerprint density at radius 3 is 1.18 bits per heavy atom. The van der Waals surface area contributed by atoms with Crippen molar-refractivity contribution >= 4 is 53.7 Å². The minimum Gasteiger partial charge on any atom is -0.508 e. The number of carboxylic acid groups (broad SMARTS) is 2. The molecule has 0 radical (unpaired) electrons. The van der Waals surface area contributed by atoms with Crippen molar-refractivity contribution in [3.63, 3.8) is 0 Å². The van der Waals surface area contributed by atoms with E-state index in [1.165, 1.54) is 38.5 Å². The maximum atomic E-state index is 11.3. The summed E-state index contributed by atoms with van der Waals surface area (Å²) in [5, 5.41) is 35.8. The third-order valence-electron chi connectivity index (χ3n) is 9.91. The summed E-state index contributed by atoms with van der Waals surface area (Å²) in [5.41, 5.74) is 4.10. The molecule has 80 heavy (non-hydrogen) atoms. The van der Waals surface area contributed by atoms with E-state index in [1.807, 2.05) is 24.3 Å². The van der Waals surface area contributed by atoms with Gasteiger partial charge in [-0.15, -0.1) is 0 Å². The fourth-order valence-electron chi connectivity index (χ4n) is 5.78. The van der Waals surface area contributed by atoms with Crippen LogP contribution in [0, 0.1) is 0 Å². The highest BCUT2D eigenvalue weighted by Gasteiger charge is 2.09. The first-order chi connectivity index (χ1) is 38.6. The van der Waals surface area contributed by atoms with Crippen LogP contribution in [0.15, 0.2) is 158 Å². The van der Waals surface area contributed by atoms with E-state index in [-0.39, 0.29) is 48.2 Å². The number of esters is 1. The number of aromatic hydroxyl groups is 2. The lowest BCUT2D eigenvalue weighted by molar-refractivity contribution is 0.0504. The molecule has 19 nitrogen and oxygen atoms in total. The first-order valence-electron chi connectivity index (χ1n) is 23.4. The molecule has 0 heterocycles. The average Bonchev–Trinajstić information content (AvgIpc) is 3.50. The van der Waals surface area contributed by atoms with Crippen LogP contribution in [-0.4, -0.2) is 112 Å². The number of halogens is 2. The number of aldehydes is 2. The van der Waals surface area contributed by atoms with Gasteiger partial charge in [0.1, 0.15) is 77.9 Å². The maximum absolute atomic E-state index is 11.3. The van der Waals surface area contributed by atoms with Crippen LogP contribution in [-0.2, 0) is 38.8 Å². The van der Waals surface area contributed by atoms with Crippen molar-refractivity contribution in [1.29, 1.82) is 0 Å². The standard InChI is InChI=1S/C17H16O6.C16H14O5.C15H14O4.C7H8O2.2C2H5ClO/c1-21-11-23-16-7-6-15(8-14(16)9-18)22-10-12-2-4-13(5-3-12)17(19)20;1-20-16(19)12-4-2-11(3-5-12)10-21-14-6-7-15(18)13(8-14)9-17;1-18-13-6-8-14(9-7-13)19-10-11-2-4-12(5-3-11)15(16)17;1-9-7-4-2-6(8)3-5-7;2*1-4-2-3/h2-9H,10-11H2,1H3,(H,19,20);2-9,18H,10H2,1H3;2-9H,10H2,1H3,(H,16,17);2-5,8H,1H3;2*2H2,1H3. The number of benzene rings is 7. The molecule has 7 rings (SSSR count). The van der Waals surface area contributed by atoms with E-state index in [2.05, 4.69) is 14.2 Å². The summed E-state index contributed by atoms with van der Waals surface area (Å²) in [6, 6.07) is 43.6. The van der Waals surface area contributed by atoms with E-state index in [4.69, 9.17) is 71.7 Å². The highest BCUT2D eigenvalue weighted by Crippen LogP contribution is 2.25. The highest BCUT2D eigenvalue weighted by molar-refractivity contribution is 6.17. The Morgan fingerprint density at radius 1 is 0.438 bits per heavy atom. The number of phenols is 2. The second-order valence-corrected chi connectivity index (χ2v) is 15.9. The van der Waals surface area contributed by atoms with E-state index < -0.39 is 17.9 Å². The summed E-state index contributed by atoms with van der Waals surface area (Å²) in [7, 11) is 9.12. The van der Waals surface area contributed by atoms with Crippen LogP contribution in [0.4, 0.5) is 0 Å². The van der Waals surface area contributed by atoms with Crippen LogP contribution in [0.25, 0.3) is 0 Å². The first kappa shape index (κ1) is 67.3. The number of phenolic OH excluding ortho intramolecular Hbond substituents is 2. The van der Waals surface area contributed by atoms with Gasteiger partial charge in [0.25, 0.3) is 0 Å². The van der Waals surface area contributed by atoms with Crippen LogP contribution in [0.1, 0.15) is 68.5 Å². The molecule has 0 unspecified atom stereocenters. The minimum atomic E-state index is -0.972. The molecule has 0 saturated heterocycles. The molecular formula is C59H62Cl2O19. The molecule has 0 bridgehead atoms. The largest absolute Gasteiger partial charge is 0.508 e. The van der Waals surface area contributed by atoms with Gasteiger partial charge < -0.3 is 67.8 Å². The van der Waals surface area contributed by atoms with Crippen molar-refractivity contribution in [1.82, 2.24) is 0 Å². The van der Waals surface area contributed by atoms with Gasteiger partial charge in [-0.3, -0.25) is 9.59 Å². The fraction of sp³-hybridized carbons (Fsp3) is 0.203. The molecule has 0 spiro atoms. The minimum absolute atomic E-state index is 0.0525. The summed E-state index contributed by atoms with van der Waals surface area (Å²) >= 11 is 9.93. The third kappa shape index (κ3) is 26.5. The predicted molar refractivity (Wildman–Crippen MR) is 299 cm³/mol. The van der Waals surface area contributed by atoms with Crippen LogP contribution in [0.3, 0.4) is 0 Å². The second-order valence-electron chi connectivity index (χ2n) is 15.4. The average molecular weight is 1150 g/mol. The zero-order chi connectivity index (χ0) is 59.1. The SMILES string of the molecule is COC(=O)c1ccc(COc2ccc(O)c(C=O)c2)cc1.COCCl.COCCl.COCOc1ccc(OCc2ccc(C(=O)O)cc2)cc1C=O.COc1ccc(O)cc1.COc1ccc(OCc2ccc(C(=O)O)cc2)cc1. The Balaban J connectivity index is 0.000000358. The molecule has 7 aromatic rings. The van der Waals surface area contributed by atoms with Crippen LogP contribution < -0.4 is 28.4 Å². The van der Waals surface area contributed by atoms with Gasteiger partial charge in [-0.05, 0) is 138 Å². The number of carbonyl (C=O) groups excluding carboxylic acids is 3. The van der Waals surface area contributed by atoms with E-state index in [0.29, 0.717) is 59.7 Å². The molecule has 7 aromatic carbocycles. The summed E-state index contributed by atoms with van der Waals surface area (Å²) in [5.74, 6) is 1.56. The van der Waals surface area contributed by atoms with Crippen molar-refractivity contribution in [3.8, 4) is 46.0 Å². The van der Waals surface area contributed by atoms with Gasteiger partial charge in [0, 0.05) is 21.3 Å². The molecule has 0 aliphatic carbocycles.